The number of guanidine groups is 1. The second-order valence-corrected chi connectivity index (χ2v) is 11.9. The summed E-state index contributed by atoms with van der Waals surface area (Å²) in [6.07, 6.45) is 0.991. The zero-order valence-electron chi connectivity index (χ0n) is 21.4. The monoisotopic (exact) mass is 565 g/mol. The standard InChI is InChI=1S/C27H31Cl2F2N5O2/c1-26(2,3)12-21-27(14-10-18(31)16(29)11-19(14)35-24(27)38)22(13-6-7-17(30)15(28)9-13)23(36-21)20(37)5-4-8-34-25(32)33/h6-7,9-11,21-23,36H,4-5,8,12H2,1-3H3,(H,35,38)(H4,32,33,34)/t21-,22+,23+,27+/m1/s1. The van der Waals surface area contributed by atoms with Crippen LogP contribution < -0.4 is 22.1 Å². The van der Waals surface area contributed by atoms with Crippen molar-refractivity contribution in [3.63, 3.8) is 0 Å². The molecule has 11 heteroatoms. The molecular weight excluding hydrogens is 535 g/mol. The Morgan fingerprint density at radius 2 is 1.79 bits per heavy atom. The van der Waals surface area contributed by atoms with Gasteiger partial charge in [-0.25, -0.2) is 8.78 Å². The van der Waals surface area contributed by atoms with Crippen LogP contribution in [0.15, 0.2) is 35.3 Å². The lowest BCUT2D eigenvalue weighted by Gasteiger charge is -2.37. The van der Waals surface area contributed by atoms with Crippen LogP contribution in [0, 0.1) is 17.0 Å². The van der Waals surface area contributed by atoms with Crippen molar-refractivity contribution in [1.29, 1.82) is 0 Å². The van der Waals surface area contributed by atoms with Crippen molar-refractivity contribution in [2.45, 2.75) is 63.5 Å². The quantitative estimate of drug-likeness (QED) is 0.221. The molecule has 4 rings (SSSR count). The van der Waals surface area contributed by atoms with Crippen molar-refractivity contribution in [3.8, 4) is 0 Å². The number of carbonyl (C=O) groups is 2. The second-order valence-electron chi connectivity index (χ2n) is 11.1. The Hall–Kier alpha value is -2.75. The van der Waals surface area contributed by atoms with Gasteiger partial charge < -0.3 is 22.1 Å². The van der Waals surface area contributed by atoms with Crippen LogP contribution in [0.25, 0.3) is 0 Å². The van der Waals surface area contributed by atoms with Gasteiger partial charge in [-0.3, -0.25) is 14.6 Å². The molecule has 2 heterocycles. The zero-order chi connectivity index (χ0) is 28.0. The molecule has 7 nitrogen and oxygen atoms in total. The number of halogens is 4. The molecule has 0 radical (unpaired) electrons. The summed E-state index contributed by atoms with van der Waals surface area (Å²) in [6, 6.07) is 5.39. The highest BCUT2D eigenvalue weighted by Gasteiger charge is 2.65. The highest BCUT2D eigenvalue weighted by Crippen LogP contribution is 2.57. The molecule has 0 bridgehead atoms. The molecule has 2 aromatic rings. The Bertz CT molecular complexity index is 1310. The smallest absolute Gasteiger partial charge is 0.237 e. The predicted molar refractivity (Wildman–Crippen MR) is 146 cm³/mol. The van der Waals surface area contributed by atoms with E-state index in [0.29, 0.717) is 29.7 Å². The number of nitrogens with zero attached hydrogens (tertiary/aromatic N) is 1. The first kappa shape index (κ1) is 28.3. The van der Waals surface area contributed by atoms with Crippen LogP contribution in [0.4, 0.5) is 14.5 Å². The fourth-order valence-electron chi connectivity index (χ4n) is 5.81. The number of hydrogen-bond donors (Lipinski definition) is 4. The van der Waals surface area contributed by atoms with Crippen LogP contribution in [0.2, 0.25) is 10.0 Å². The number of nitrogens with two attached hydrogens (primary N) is 2. The maximum absolute atomic E-state index is 14.9. The maximum Gasteiger partial charge on any atom is 0.237 e. The number of anilines is 1. The lowest BCUT2D eigenvalue weighted by atomic mass is 9.62. The Labute approximate surface area is 230 Å². The average molecular weight is 566 g/mol. The van der Waals surface area contributed by atoms with Crippen LogP contribution in [-0.4, -0.2) is 36.3 Å². The minimum atomic E-state index is -1.39. The summed E-state index contributed by atoms with van der Waals surface area (Å²) in [5.41, 5.74) is 10.4. The predicted octanol–water partition coefficient (Wildman–Crippen LogP) is 4.64. The Morgan fingerprint density at radius 3 is 2.42 bits per heavy atom. The summed E-state index contributed by atoms with van der Waals surface area (Å²) in [4.78, 5) is 31.7. The van der Waals surface area contributed by atoms with E-state index in [1.807, 2.05) is 20.8 Å². The van der Waals surface area contributed by atoms with E-state index in [0.717, 1.165) is 0 Å². The van der Waals surface area contributed by atoms with Gasteiger partial charge in [0, 0.05) is 30.6 Å². The van der Waals surface area contributed by atoms with E-state index in [1.165, 1.54) is 30.3 Å². The Morgan fingerprint density at radius 1 is 1.11 bits per heavy atom. The molecule has 0 unspecified atom stereocenters. The molecule has 2 aromatic carbocycles. The van der Waals surface area contributed by atoms with Crippen LogP contribution in [0.3, 0.4) is 0 Å². The number of rotatable bonds is 7. The molecule has 4 atom stereocenters. The lowest BCUT2D eigenvalue weighted by Crippen LogP contribution is -2.49. The van der Waals surface area contributed by atoms with Crippen molar-refractivity contribution in [3.05, 3.63) is 63.1 Å². The fraction of sp³-hybridized carbons (Fsp3) is 0.444. The number of hydrogen-bond acceptors (Lipinski definition) is 4. The molecule has 0 aromatic heterocycles. The molecule has 2 aliphatic rings. The highest BCUT2D eigenvalue weighted by molar-refractivity contribution is 6.31. The minimum Gasteiger partial charge on any atom is -0.370 e. The number of amides is 1. The first-order chi connectivity index (χ1) is 17.8. The molecule has 0 saturated carbocycles. The summed E-state index contributed by atoms with van der Waals surface area (Å²) in [7, 11) is 0. The largest absolute Gasteiger partial charge is 0.370 e. The molecule has 1 fully saturated rings. The van der Waals surface area contributed by atoms with E-state index in [-0.39, 0.29) is 40.2 Å². The van der Waals surface area contributed by atoms with Crippen LogP contribution in [0.5, 0.6) is 0 Å². The van der Waals surface area contributed by atoms with E-state index in [4.69, 9.17) is 34.7 Å². The molecule has 204 valence electrons. The third-order valence-electron chi connectivity index (χ3n) is 7.23. The third-order valence-corrected chi connectivity index (χ3v) is 7.81. The van der Waals surface area contributed by atoms with Crippen LogP contribution in [-0.2, 0) is 15.0 Å². The number of fused-ring (bicyclic) bond motifs is 2. The summed E-state index contributed by atoms with van der Waals surface area (Å²) >= 11 is 12.2. The molecule has 0 aliphatic carbocycles. The Kier molecular flexibility index (Phi) is 7.76. The lowest BCUT2D eigenvalue weighted by molar-refractivity contribution is -0.122. The minimum absolute atomic E-state index is 0.0700. The van der Waals surface area contributed by atoms with E-state index in [1.54, 1.807) is 0 Å². The summed E-state index contributed by atoms with van der Waals surface area (Å²) in [5.74, 6) is -2.76. The fourth-order valence-corrected chi connectivity index (χ4v) is 6.16. The van der Waals surface area contributed by atoms with Crippen molar-refractivity contribution < 1.29 is 18.4 Å². The van der Waals surface area contributed by atoms with Gasteiger partial charge in [-0.05, 0) is 53.6 Å². The van der Waals surface area contributed by atoms with Gasteiger partial charge in [0.2, 0.25) is 5.91 Å². The van der Waals surface area contributed by atoms with Gasteiger partial charge in [-0.1, -0.05) is 50.0 Å². The summed E-state index contributed by atoms with van der Waals surface area (Å²) in [6.45, 7) is 6.32. The first-order valence-electron chi connectivity index (χ1n) is 12.4. The molecule has 38 heavy (non-hydrogen) atoms. The molecule has 1 saturated heterocycles. The van der Waals surface area contributed by atoms with Gasteiger partial charge in [0.1, 0.15) is 17.0 Å². The average Bonchev–Trinajstić information content (AvgIpc) is 3.28. The molecule has 6 N–H and O–H groups in total. The second kappa shape index (κ2) is 10.4. The van der Waals surface area contributed by atoms with Crippen molar-refractivity contribution in [2.75, 3.05) is 11.9 Å². The third kappa shape index (κ3) is 5.11. The number of nitrogens with one attached hydrogen (secondary N) is 2. The summed E-state index contributed by atoms with van der Waals surface area (Å²) in [5, 5.41) is 6.03. The number of benzene rings is 2. The van der Waals surface area contributed by atoms with Gasteiger partial charge >= 0.3 is 0 Å². The van der Waals surface area contributed by atoms with Gasteiger partial charge in [0.05, 0.1) is 16.1 Å². The van der Waals surface area contributed by atoms with Crippen molar-refractivity contribution >= 4 is 46.5 Å². The van der Waals surface area contributed by atoms with Gasteiger partial charge in [0.25, 0.3) is 0 Å². The normalized spacial score (nSPS) is 24.4. The molecule has 1 spiro atoms. The van der Waals surface area contributed by atoms with Crippen molar-refractivity contribution in [1.82, 2.24) is 5.32 Å². The maximum atomic E-state index is 14.9. The molecule has 1 amide bonds. The molecular formula is C27H31Cl2F2N5O2. The van der Waals surface area contributed by atoms with Crippen LogP contribution in [0.1, 0.15) is 57.1 Å². The van der Waals surface area contributed by atoms with E-state index < -0.39 is 41.0 Å². The number of carbonyl (C=O) groups excluding carboxylic acids is 2. The number of aliphatic imine (C=N–C) groups is 1. The first-order valence-corrected chi connectivity index (χ1v) is 13.1. The van der Waals surface area contributed by atoms with E-state index in [9.17, 15) is 18.4 Å². The van der Waals surface area contributed by atoms with Crippen molar-refractivity contribution in [2.24, 2.45) is 21.9 Å². The van der Waals surface area contributed by atoms with Crippen LogP contribution >= 0.6 is 23.2 Å². The van der Waals surface area contributed by atoms with Gasteiger partial charge in [-0.15, -0.1) is 0 Å². The zero-order valence-corrected chi connectivity index (χ0v) is 22.9. The van der Waals surface area contributed by atoms with E-state index >= 15 is 0 Å². The molecule has 2 aliphatic heterocycles. The highest BCUT2D eigenvalue weighted by atomic mass is 35.5. The van der Waals surface area contributed by atoms with E-state index in [2.05, 4.69) is 15.6 Å². The van der Waals surface area contributed by atoms with Gasteiger partial charge in [0.15, 0.2) is 11.7 Å². The SMILES string of the molecule is CC(C)(C)C[C@H]1N[C@@H](C(=O)CCCN=C(N)N)[C@H](c2ccc(F)c(Cl)c2)[C@@]12C(=O)Nc1cc(Cl)c(F)cc12. The summed E-state index contributed by atoms with van der Waals surface area (Å²) < 4.78 is 29.1. The van der Waals surface area contributed by atoms with Gasteiger partial charge in [-0.2, -0.15) is 0 Å². The Balaban J connectivity index is 1.91. The number of Topliss-reactive ketones (excluding diaryl/α,β-unsaturated/α-hetero) is 1. The number of ketones is 1. The topological polar surface area (TPSA) is 123 Å².